The van der Waals surface area contributed by atoms with Crippen LogP contribution in [0.2, 0.25) is 0 Å². The number of nitrogens with zero attached hydrogens (tertiary/aromatic N) is 3. The Morgan fingerprint density at radius 3 is 2.69 bits per heavy atom. The molecule has 2 aliphatic rings. The molecule has 8 nitrogen and oxygen atoms in total. The molecule has 0 radical (unpaired) electrons. The van der Waals surface area contributed by atoms with Crippen LogP contribution < -0.4 is 15.0 Å². The van der Waals surface area contributed by atoms with Gasteiger partial charge in [-0.1, -0.05) is 24.3 Å². The van der Waals surface area contributed by atoms with Gasteiger partial charge in [-0.2, -0.15) is 4.98 Å². The van der Waals surface area contributed by atoms with Crippen LogP contribution in [0.25, 0.3) is 11.1 Å². The van der Waals surface area contributed by atoms with Gasteiger partial charge < -0.3 is 24.3 Å². The number of oxazole rings is 1. The average molecular weight is 477 g/mol. The molecule has 2 fully saturated rings. The molecule has 1 aromatic heterocycles. The SMILES string of the molecule is COc1ccc(C[C@@]2(CCC(=O)N3CCCN(c4nc5ccccc5o4)CC3)CCC(=O)N2)cc1. The molecule has 2 aromatic carbocycles. The van der Waals surface area contributed by atoms with Crippen LogP contribution in [0.1, 0.15) is 37.7 Å². The maximum Gasteiger partial charge on any atom is 0.298 e. The largest absolute Gasteiger partial charge is 0.497 e. The van der Waals surface area contributed by atoms with Gasteiger partial charge in [0.1, 0.15) is 11.3 Å². The quantitative estimate of drug-likeness (QED) is 0.561. The zero-order valence-corrected chi connectivity index (χ0v) is 20.2. The molecule has 0 spiro atoms. The maximum absolute atomic E-state index is 13.2. The van der Waals surface area contributed by atoms with Gasteiger partial charge in [0, 0.05) is 44.6 Å². The van der Waals surface area contributed by atoms with Gasteiger partial charge in [0.25, 0.3) is 6.01 Å². The van der Waals surface area contributed by atoms with Crippen LogP contribution in [-0.2, 0) is 16.0 Å². The van der Waals surface area contributed by atoms with Crippen LogP contribution in [0.3, 0.4) is 0 Å². The van der Waals surface area contributed by atoms with Crippen LogP contribution in [0.4, 0.5) is 6.01 Å². The molecule has 1 atom stereocenters. The van der Waals surface area contributed by atoms with Gasteiger partial charge in [-0.15, -0.1) is 0 Å². The Bertz CT molecular complexity index is 1160. The molecule has 3 aromatic rings. The lowest BCUT2D eigenvalue weighted by Crippen LogP contribution is -2.45. The van der Waals surface area contributed by atoms with Crippen molar-refractivity contribution >= 4 is 28.9 Å². The third-order valence-corrected chi connectivity index (χ3v) is 7.16. The molecule has 0 aliphatic carbocycles. The Labute approximate surface area is 205 Å². The second kappa shape index (κ2) is 9.98. The number of hydrogen-bond acceptors (Lipinski definition) is 6. The number of anilines is 1. The molecule has 0 saturated carbocycles. The average Bonchev–Trinajstić information content (AvgIpc) is 3.38. The van der Waals surface area contributed by atoms with Crippen LogP contribution in [0.5, 0.6) is 5.75 Å². The Morgan fingerprint density at radius 2 is 1.94 bits per heavy atom. The van der Waals surface area contributed by atoms with Crippen molar-refractivity contribution in [3.8, 4) is 5.75 Å². The first kappa shape index (κ1) is 23.2. The van der Waals surface area contributed by atoms with Crippen molar-refractivity contribution in [2.75, 3.05) is 38.2 Å². The first-order valence-corrected chi connectivity index (χ1v) is 12.4. The number of amides is 2. The Kier molecular flexibility index (Phi) is 6.61. The number of methoxy groups -OCH3 is 1. The number of hydrogen-bond donors (Lipinski definition) is 1. The summed E-state index contributed by atoms with van der Waals surface area (Å²) in [6.45, 7) is 2.84. The topological polar surface area (TPSA) is 87.9 Å². The monoisotopic (exact) mass is 476 g/mol. The molecule has 184 valence electrons. The second-order valence-electron chi connectivity index (χ2n) is 9.54. The zero-order valence-electron chi connectivity index (χ0n) is 20.2. The summed E-state index contributed by atoms with van der Waals surface area (Å²) < 4.78 is 11.2. The van der Waals surface area contributed by atoms with E-state index in [1.165, 1.54) is 0 Å². The van der Waals surface area contributed by atoms with Crippen LogP contribution in [-0.4, -0.2) is 60.5 Å². The molecular weight excluding hydrogens is 444 g/mol. The Hall–Kier alpha value is -3.55. The lowest BCUT2D eigenvalue weighted by molar-refractivity contribution is -0.131. The summed E-state index contributed by atoms with van der Waals surface area (Å²) in [5, 5.41) is 3.19. The number of para-hydroxylation sites is 2. The summed E-state index contributed by atoms with van der Waals surface area (Å²) >= 11 is 0. The van der Waals surface area contributed by atoms with Gasteiger partial charge in [0.05, 0.1) is 7.11 Å². The molecule has 1 N–H and O–H groups in total. The third-order valence-electron chi connectivity index (χ3n) is 7.16. The molecule has 5 rings (SSSR count). The Balaban J connectivity index is 1.19. The molecule has 35 heavy (non-hydrogen) atoms. The molecule has 2 aliphatic heterocycles. The van der Waals surface area contributed by atoms with Crippen molar-refractivity contribution in [3.05, 3.63) is 54.1 Å². The molecule has 0 bridgehead atoms. The zero-order chi connectivity index (χ0) is 24.3. The second-order valence-corrected chi connectivity index (χ2v) is 9.54. The van der Waals surface area contributed by atoms with Crippen LogP contribution >= 0.6 is 0 Å². The summed E-state index contributed by atoms with van der Waals surface area (Å²) in [6, 6.07) is 16.3. The van der Waals surface area contributed by atoms with E-state index in [4.69, 9.17) is 9.15 Å². The van der Waals surface area contributed by atoms with Crippen LogP contribution in [0.15, 0.2) is 52.9 Å². The highest BCUT2D eigenvalue weighted by atomic mass is 16.5. The maximum atomic E-state index is 13.2. The number of fused-ring (bicyclic) bond motifs is 1. The normalized spacial score (nSPS) is 20.7. The standard InChI is InChI=1S/C27H32N4O4/c1-34-21-9-7-20(8-10-21)19-27(13-11-24(32)29-27)14-12-25(33)30-15-4-16-31(18-17-30)26-28-22-5-2-3-6-23(22)35-26/h2-3,5-10H,4,11-19H2,1H3,(H,29,32)/t27-/m0/s1. The Morgan fingerprint density at radius 1 is 1.11 bits per heavy atom. The van der Waals surface area contributed by atoms with Crippen molar-refractivity contribution in [3.63, 3.8) is 0 Å². The molecule has 3 heterocycles. The number of ether oxygens (including phenoxy) is 1. The number of carbonyl (C=O) groups excluding carboxylic acids is 2. The first-order chi connectivity index (χ1) is 17.0. The highest BCUT2D eigenvalue weighted by molar-refractivity contribution is 5.80. The third kappa shape index (κ3) is 5.26. The fraction of sp³-hybridized carbons (Fsp3) is 0.444. The van der Waals surface area contributed by atoms with Gasteiger partial charge >= 0.3 is 0 Å². The van der Waals surface area contributed by atoms with Gasteiger partial charge in [0.2, 0.25) is 11.8 Å². The van der Waals surface area contributed by atoms with E-state index in [2.05, 4.69) is 15.2 Å². The number of rotatable bonds is 7. The van der Waals surface area contributed by atoms with E-state index in [1.807, 2.05) is 53.4 Å². The summed E-state index contributed by atoms with van der Waals surface area (Å²) in [4.78, 5) is 34.0. The number of carbonyl (C=O) groups is 2. The van der Waals surface area contributed by atoms with E-state index in [1.54, 1.807) is 7.11 Å². The van der Waals surface area contributed by atoms with E-state index in [0.717, 1.165) is 41.8 Å². The molecule has 2 saturated heterocycles. The van der Waals surface area contributed by atoms with E-state index in [9.17, 15) is 9.59 Å². The summed E-state index contributed by atoms with van der Waals surface area (Å²) in [5.41, 5.74) is 2.38. The predicted octanol–water partition coefficient (Wildman–Crippen LogP) is 3.55. The summed E-state index contributed by atoms with van der Waals surface area (Å²) in [5.74, 6) is 1.01. The smallest absolute Gasteiger partial charge is 0.298 e. The highest BCUT2D eigenvalue weighted by Crippen LogP contribution is 2.31. The number of aromatic nitrogens is 1. The van der Waals surface area contributed by atoms with Crippen molar-refractivity contribution < 1.29 is 18.7 Å². The minimum atomic E-state index is -0.378. The lowest BCUT2D eigenvalue weighted by atomic mass is 9.85. The van der Waals surface area contributed by atoms with E-state index < -0.39 is 0 Å². The van der Waals surface area contributed by atoms with Crippen molar-refractivity contribution in [2.24, 2.45) is 0 Å². The molecule has 0 unspecified atom stereocenters. The summed E-state index contributed by atoms with van der Waals surface area (Å²) in [7, 11) is 1.65. The minimum absolute atomic E-state index is 0.0645. The number of nitrogens with one attached hydrogen (secondary N) is 1. The van der Waals surface area contributed by atoms with Crippen LogP contribution in [0, 0.1) is 0 Å². The lowest BCUT2D eigenvalue weighted by Gasteiger charge is -2.30. The minimum Gasteiger partial charge on any atom is -0.497 e. The van der Waals surface area contributed by atoms with Crippen molar-refractivity contribution in [2.45, 2.75) is 44.1 Å². The molecule has 8 heteroatoms. The summed E-state index contributed by atoms with van der Waals surface area (Å²) in [6.07, 6.45) is 3.87. The van der Waals surface area contributed by atoms with Gasteiger partial charge in [-0.05, 0) is 55.5 Å². The van der Waals surface area contributed by atoms with E-state index in [0.29, 0.717) is 51.3 Å². The van der Waals surface area contributed by atoms with E-state index in [-0.39, 0.29) is 17.4 Å². The van der Waals surface area contributed by atoms with Gasteiger partial charge in [-0.25, -0.2) is 0 Å². The van der Waals surface area contributed by atoms with Gasteiger partial charge in [-0.3, -0.25) is 9.59 Å². The molecule has 2 amide bonds. The predicted molar refractivity (Wildman–Crippen MR) is 133 cm³/mol. The van der Waals surface area contributed by atoms with E-state index >= 15 is 0 Å². The van der Waals surface area contributed by atoms with Crippen molar-refractivity contribution in [1.82, 2.24) is 15.2 Å². The fourth-order valence-corrected chi connectivity index (χ4v) is 5.17. The highest BCUT2D eigenvalue weighted by Gasteiger charge is 2.38. The van der Waals surface area contributed by atoms with Crippen molar-refractivity contribution in [1.29, 1.82) is 0 Å². The van der Waals surface area contributed by atoms with Gasteiger partial charge in [0.15, 0.2) is 5.58 Å². The number of benzene rings is 2. The first-order valence-electron chi connectivity index (χ1n) is 12.4. The molecular formula is C27H32N4O4. The fourth-order valence-electron chi connectivity index (χ4n) is 5.17.